The van der Waals surface area contributed by atoms with E-state index in [-0.39, 0.29) is 0 Å². The molecule has 2 N–H and O–H groups in total. The van der Waals surface area contributed by atoms with Gasteiger partial charge >= 0.3 is 0 Å². The number of nitrogens with one attached hydrogen (secondary N) is 1. The van der Waals surface area contributed by atoms with Crippen LogP contribution in [-0.2, 0) is 0 Å². The molecule has 1 unspecified atom stereocenters. The summed E-state index contributed by atoms with van der Waals surface area (Å²) in [6, 6.07) is 7.11. The van der Waals surface area contributed by atoms with Gasteiger partial charge in [0, 0.05) is 18.4 Å². The van der Waals surface area contributed by atoms with Gasteiger partial charge in [-0.3, -0.25) is 0 Å². The van der Waals surface area contributed by atoms with Crippen LogP contribution >= 0.6 is 11.8 Å². The van der Waals surface area contributed by atoms with Crippen molar-refractivity contribution in [2.45, 2.75) is 39.7 Å². The molecule has 0 saturated carbocycles. The van der Waals surface area contributed by atoms with Crippen molar-refractivity contribution in [3.05, 3.63) is 34.9 Å². The van der Waals surface area contributed by atoms with E-state index < -0.39 is 0 Å². The molecular weight excluding hydrogens is 254 g/mol. The van der Waals surface area contributed by atoms with Crippen molar-refractivity contribution in [3.63, 3.8) is 0 Å². The smallest absolute Gasteiger partial charge is 0.0438 e. The first-order valence-electron chi connectivity index (χ1n) is 7.18. The van der Waals surface area contributed by atoms with E-state index in [1.54, 1.807) is 0 Å². The molecule has 0 radical (unpaired) electrons. The summed E-state index contributed by atoms with van der Waals surface area (Å²) >= 11 is 1.92. The van der Waals surface area contributed by atoms with E-state index in [4.69, 9.17) is 5.11 Å². The highest BCUT2D eigenvalue weighted by Crippen LogP contribution is 2.23. The second kappa shape index (κ2) is 9.40. The fourth-order valence-corrected chi connectivity index (χ4v) is 3.11. The number of thioether (sulfide) groups is 1. The molecule has 1 rings (SSSR count). The molecule has 0 aliphatic heterocycles. The highest BCUT2D eigenvalue weighted by molar-refractivity contribution is 7.99. The van der Waals surface area contributed by atoms with Gasteiger partial charge in [-0.2, -0.15) is 11.8 Å². The van der Waals surface area contributed by atoms with Crippen LogP contribution in [0.25, 0.3) is 0 Å². The Balaban J connectivity index is 2.68. The Labute approximate surface area is 122 Å². The van der Waals surface area contributed by atoms with Gasteiger partial charge in [-0.1, -0.05) is 30.7 Å². The Bertz CT molecular complexity index is 368. The van der Waals surface area contributed by atoms with Crippen LogP contribution in [0.15, 0.2) is 18.2 Å². The standard InChI is InChI=1S/C16H27NOS/c1-4-8-17-16(12-19-10-5-9-18)15-11-13(2)6-7-14(15)3/h6-7,11,16-18H,4-5,8-10,12H2,1-3H3. The molecule has 0 aliphatic carbocycles. The SMILES string of the molecule is CCCNC(CSCCCO)c1cc(C)ccc1C. The molecule has 0 spiro atoms. The third-order valence-corrected chi connectivity index (χ3v) is 4.33. The minimum absolute atomic E-state index is 0.295. The minimum atomic E-state index is 0.295. The van der Waals surface area contributed by atoms with Crippen molar-refractivity contribution in [2.75, 3.05) is 24.7 Å². The third kappa shape index (κ3) is 5.98. The summed E-state index contributed by atoms with van der Waals surface area (Å²) in [7, 11) is 0. The summed E-state index contributed by atoms with van der Waals surface area (Å²) in [5, 5.41) is 12.5. The van der Waals surface area contributed by atoms with E-state index in [0.717, 1.165) is 30.9 Å². The van der Waals surface area contributed by atoms with Gasteiger partial charge in [0.15, 0.2) is 0 Å². The van der Waals surface area contributed by atoms with Crippen LogP contribution in [0.4, 0.5) is 0 Å². The van der Waals surface area contributed by atoms with Crippen molar-refractivity contribution in [1.82, 2.24) is 5.32 Å². The molecule has 0 heterocycles. The quantitative estimate of drug-likeness (QED) is 0.680. The fourth-order valence-electron chi connectivity index (χ4n) is 2.08. The lowest BCUT2D eigenvalue weighted by Crippen LogP contribution is -2.25. The Morgan fingerprint density at radius 1 is 1.32 bits per heavy atom. The van der Waals surface area contributed by atoms with Gasteiger partial charge in [0.25, 0.3) is 0 Å². The van der Waals surface area contributed by atoms with E-state index in [1.165, 1.54) is 16.7 Å². The summed E-state index contributed by atoms with van der Waals surface area (Å²) in [4.78, 5) is 0. The zero-order valence-corrected chi connectivity index (χ0v) is 13.2. The van der Waals surface area contributed by atoms with Gasteiger partial charge in [0.2, 0.25) is 0 Å². The van der Waals surface area contributed by atoms with Crippen molar-refractivity contribution < 1.29 is 5.11 Å². The van der Waals surface area contributed by atoms with Crippen LogP contribution in [-0.4, -0.2) is 29.8 Å². The van der Waals surface area contributed by atoms with Crippen LogP contribution in [0.1, 0.15) is 42.5 Å². The van der Waals surface area contributed by atoms with Crippen LogP contribution in [0.5, 0.6) is 0 Å². The van der Waals surface area contributed by atoms with Crippen LogP contribution in [0.2, 0.25) is 0 Å². The van der Waals surface area contributed by atoms with Gasteiger partial charge in [0.1, 0.15) is 0 Å². The monoisotopic (exact) mass is 281 g/mol. The molecule has 2 nitrogen and oxygen atoms in total. The summed E-state index contributed by atoms with van der Waals surface area (Å²) < 4.78 is 0. The molecule has 0 fully saturated rings. The van der Waals surface area contributed by atoms with E-state index in [1.807, 2.05) is 11.8 Å². The molecule has 0 bridgehead atoms. The lowest BCUT2D eigenvalue weighted by Gasteiger charge is -2.21. The topological polar surface area (TPSA) is 32.3 Å². The zero-order chi connectivity index (χ0) is 14.1. The highest BCUT2D eigenvalue weighted by Gasteiger charge is 2.13. The minimum Gasteiger partial charge on any atom is -0.396 e. The van der Waals surface area contributed by atoms with Crippen molar-refractivity contribution >= 4 is 11.8 Å². The molecule has 0 saturated heterocycles. The fraction of sp³-hybridized carbons (Fsp3) is 0.625. The van der Waals surface area contributed by atoms with Gasteiger partial charge in [-0.05, 0) is 50.1 Å². The zero-order valence-electron chi connectivity index (χ0n) is 12.4. The maximum atomic E-state index is 8.84. The molecule has 1 atom stereocenters. The number of benzene rings is 1. The summed E-state index contributed by atoms with van der Waals surface area (Å²) in [6.07, 6.45) is 2.04. The molecule has 1 aromatic carbocycles. The number of rotatable bonds is 9. The molecule has 0 aliphatic rings. The average Bonchev–Trinajstić information content (AvgIpc) is 2.41. The number of aryl methyl sites for hydroxylation is 2. The van der Waals surface area contributed by atoms with E-state index >= 15 is 0 Å². The molecule has 0 amide bonds. The number of hydrogen-bond acceptors (Lipinski definition) is 3. The first-order valence-corrected chi connectivity index (χ1v) is 8.33. The lowest BCUT2D eigenvalue weighted by molar-refractivity contribution is 0.296. The predicted molar refractivity (Wildman–Crippen MR) is 86.0 cm³/mol. The van der Waals surface area contributed by atoms with E-state index in [2.05, 4.69) is 44.3 Å². The second-order valence-corrected chi connectivity index (χ2v) is 6.17. The van der Waals surface area contributed by atoms with E-state index in [0.29, 0.717) is 12.6 Å². The largest absolute Gasteiger partial charge is 0.396 e. The summed E-state index contributed by atoms with van der Waals surface area (Å²) in [5.74, 6) is 2.11. The van der Waals surface area contributed by atoms with Crippen molar-refractivity contribution in [3.8, 4) is 0 Å². The molecule has 19 heavy (non-hydrogen) atoms. The van der Waals surface area contributed by atoms with E-state index in [9.17, 15) is 0 Å². The Morgan fingerprint density at radius 3 is 2.79 bits per heavy atom. The molecular formula is C16H27NOS. The number of aliphatic hydroxyl groups excluding tert-OH is 1. The second-order valence-electron chi connectivity index (χ2n) is 5.02. The normalized spacial score (nSPS) is 12.6. The van der Waals surface area contributed by atoms with Gasteiger partial charge in [-0.25, -0.2) is 0 Å². The van der Waals surface area contributed by atoms with Crippen molar-refractivity contribution in [2.24, 2.45) is 0 Å². The maximum Gasteiger partial charge on any atom is 0.0438 e. The average molecular weight is 281 g/mol. The van der Waals surface area contributed by atoms with Gasteiger partial charge in [0.05, 0.1) is 0 Å². The molecule has 108 valence electrons. The lowest BCUT2D eigenvalue weighted by atomic mass is 10.00. The van der Waals surface area contributed by atoms with Crippen molar-refractivity contribution in [1.29, 1.82) is 0 Å². The molecule has 0 aromatic heterocycles. The maximum absolute atomic E-state index is 8.84. The van der Waals surface area contributed by atoms with Crippen LogP contribution in [0.3, 0.4) is 0 Å². The molecule has 1 aromatic rings. The predicted octanol–water partition coefficient (Wildman–Crippen LogP) is 3.46. The molecule has 3 heteroatoms. The number of aliphatic hydroxyl groups is 1. The third-order valence-electron chi connectivity index (χ3n) is 3.18. The van der Waals surface area contributed by atoms with Gasteiger partial charge < -0.3 is 10.4 Å². The summed E-state index contributed by atoms with van der Waals surface area (Å²) in [6.45, 7) is 7.89. The Kier molecular flexibility index (Phi) is 8.19. The Hall–Kier alpha value is -0.510. The number of hydrogen-bond donors (Lipinski definition) is 2. The van der Waals surface area contributed by atoms with Crippen LogP contribution < -0.4 is 5.32 Å². The first-order chi connectivity index (χ1) is 9.19. The Morgan fingerprint density at radius 2 is 2.11 bits per heavy atom. The summed E-state index contributed by atoms with van der Waals surface area (Å²) in [5.41, 5.74) is 4.11. The van der Waals surface area contributed by atoms with Crippen LogP contribution in [0, 0.1) is 13.8 Å². The highest BCUT2D eigenvalue weighted by atomic mass is 32.2. The van der Waals surface area contributed by atoms with Gasteiger partial charge in [-0.15, -0.1) is 0 Å². The first kappa shape index (κ1) is 16.5.